The standard InChI is InChI=1S/C19H25FN4O9/c1-33-16-10(5-7-13(20)24-16)15(27)21-9-3-2-4-11(17(28)29)22-19(32)23-12(18(30)31)6-8-14(25)26/h5,7,11-12H,2-4,6,8-9H2,1H3,(H,21,27)(H,25,26)(H,28,29)(H,30,31)(H2,22,23,32)/t11-,12-/m0/s1/i20-1. The number of methoxy groups -OCH3 is 1. The Balaban J connectivity index is 2.48. The van der Waals surface area contributed by atoms with Gasteiger partial charge in [-0.15, -0.1) is 0 Å². The van der Waals surface area contributed by atoms with Gasteiger partial charge in [-0.25, -0.2) is 14.4 Å². The number of carboxylic acid groups (broad SMARTS) is 3. The smallest absolute Gasteiger partial charge is 0.326 e. The number of aliphatic carboxylic acids is 3. The monoisotopic (exact) mass is 471 g/mol. The number of amides is 3. The van der Waals surface area contributed by atoms with Crippen LogP contribution in [0.5, 0.6) is 5.88 Å². The van der Waals surface area contributed by atoms with Crippen LogP contribution in [0.3, 0.4) is 0 Å². The molecule has 0 radical (unpaired) electrons. The molecule has 3 amide bonds. The van der Waals surface area contributed by atoms with Crippen LogP contribution in [0, 0.1) is 5.95 Å². The Kier molecular flexibility index (Phi) is 11.0. The van der Waals surface area contributed by atoms with Crippen molar-refractivity contribution in [3.8, 4) is 5.88 Å². The van der Waals surface area contributed by atoms with Crippen molar-refractivity contribution in [2.75, 3.05) is 13.7 Å². The number of hydrogen-bond donors (Lipinski definition) is 6. The number of unbranched alkanes of at least 4 members (excludes halogenated alkanes) is 1. The first kappa shape index (κ1) is 27.1. The molecule has 0 aliphatic rings. The van der Waals surface area contributed by atoms with E-state index in [2.05, 4.69) is 15.6 Å². The van der Waals surface area contributed by atoms with Gasteiger partial charge >= 0.3 is 23.9 Å². The molecular formula is C19H25FN4O9. The molecular weight excluding hydrogens is 446 g/mol. The first-order valence-corrected chi connectivity index (χ1v) is 9.78. The van der Waals surface area contributed by atoms with Crippen molar-refractivity contribution >= 4 is 29.8 Å². The van der Waals surface area contributed by atoms with Crippen LogP contribution >= 0.6 is 0 Å². The van der Waals surface area contributed by atoms with Gasteiger partial charge in [0.25, 0.3) is 5.91 Å². The second-order valence-corrected chi connectivity index (χ2v) is 6.77. The number of aromatic nitrogens is 1. The molecule has 0 aromatic carbocycles. The van der Waals surface area contributed by atoms with Crippen molar-refractivity contribution in [3.63, 3.8) is 0 Å². The van der Waals surface area contributed by atoms with E-state index in [0.29, 0.717) is 6.42 Å². The average molecular weight is 471 g/mol. The molecule has 0 aliphatic heterocycles. The fraction of sp³-hybridized carbons (Fsp3) is 0.474. The third-order valence-corrected chi connectivity index (χ3v) is 4.32. The summed E-state index contributed by atoms with van der Waals surface area (Å²) >= 11 is 0. The van der Waals surface area contributed by atoms with Crippen LogP contribution in [0.2, 0.25) is 0 Å². The SMILES string of the molecule is COc1nc([18F])ccc1C(=O)NCCCC[C@H](NC(=O)N[C@@H](CCC(=O)O)C(=O)O)C(=O)O. The summed E-state index contributed by atoms with van der Waals surface area (Å²) in [5.41, 5.74) is 0.0246. The molecule has 182 valence electrons. The van der Waals surface area contributed by atoms with E-state index in [1.807, 2.05) is 5.32 Å². The number of ether oxygens (including phenoxy) is 1. The summed E-state index contributed by atoms with van der Waals surface area (Å²) in [6, 6.07) is -1.69. The molecule has 0 saturated carbocycles. The first-order chi connectivity index (χ1) is 15.5. The normalized spacial score (nSPS) is 12.2. The number of nitrogens with zero attached hydrogens (tertiary/aromatic N) is 1. The van der Waals surface area contributed by atoms with Gasteiger partial charge in [-0.2, -0.15) is 9.37 Å². The van der Waals surface area contributed by atoms with Gasteiger partial charge in [0.1, 0.15) is 17.6 Å². The van der Waals surface area contributed by atoms with Gasteiger partial charge in [0.05, 0.1) is 7.11 Å². The van der Waals surface area contributed by atoms with Gasteiger partial charge in [0.2, 0.25) is 11.8 Å². The van der Waals surface area contributed by atoms with Crippen LogP contribution < -0.4 is 20.7 Å². The highest BCUT2D eigenvalue weighted by Crippen LogP contribution is 2.15. The van der Waals surface area contributed by atoms with Crippen LogP contribution in [0.1, 0.15) is 42.5 Å². The third kappa shape index (κ3) is 9.80. The molecule has 1 aromatic rings. The third-order valence-electron chi connectivity index (χ3n) is 4.32. The van der Waals surface area contributed by atoms with Crippen molar-refractivity contribution in [1.29, 1.82) is 0 Å². The van der Waals surface area contributed by atoms with E-state index < -0.39 is 54.3 Å². The van der Waals surface area contributed by atoms with Crippen molar-refractivity contribution in [2.45, 2.75) is 44.2 Å². The highest BCUT2D eigenvalue weighted by molar-refractivity contribution is 5.96. The van der Waals surface area contributed by atoms with Gasteiger partial charge in [0, 0.05) is 13.0 Å². The van der Waals surface area contributed by atoms with Gasteiger partial charge in [-0.1, -0.05) is 0 Å². The molecule has 0 unspecified atom stereocenters. The van der Waals surface area contributed by atoms with E-state index >= 15 is 0 Å². The maximum absolute atomic E-state index is 13.1. The fourth-order valence-corrected chi connectivity index (χ4v) is 2.66. The number of urea groups is 1. The molecule has 2 atom stereocenters. The Morgan fingerprint density at radius 2 is 1.61 bits per heavy atom. The minimum absolute atomic E-state index is 0.0209. The van der Waals surface area contributed by atoms with Crippen LogP contribution in [-0.2, 0) is 14.4 Å². The number of carboxylic acids is 3. The largest absolute Gasteiger partial charge is 0.481 e. The molecule has 0 spiro atoms. The van der Waals surface area contributed by atoms with Crippen LogP contribution in [0.15, 0.2) is 12.1 Å². The molecule has 1 rings (SSSR count). The molecule has 33 heavy (non-hydrogen) atoms. The predicted molar refractivity (Wildman–Crippen MR) is 108 cm³/mol. The summed E-state index contributed by atoms with van der Waals surface area (Å²) in [6.45, 7) is 0.147. The predicted octanol–water partition coefficient (Wildman–Crippen LogP) is 0.200. The van der Waals surface area contributed by atoms with E-state index in [1.54, 1.807) is 0 Å². The second-order valence-electron chi connectivity index (χ2n) is 6.77. The number of carbonyl (C=O) groups excluding carboxylic acids is 2. The lowest BCUT2D eigenvalue weighted by Crippen LogP contribution is -2.51. The van der Waals surface area contributed by atoms with Crippen LogP contribution in [0.4, 0.5) is 9.18 Å². The van der Waals surface area contributed by atoms with E-state index in [0.717, 1.165) is 6.07 Å². The van der Waals surface area contributed by atoms with E-state index in [9.17, 15) is 33.5 Å². The molecule has 1 heterocycles. The van der Waals surface area contributed by atoms with E-state index in [-0.39, 0.29) is 37.3 Å². The summed E-state index contributed by atoms with van der Waals surface area (Å²) in [6.07, 6.45) is -0.272. The van der Waals surface area contributed by atoms with Crippen molar-refractivity contribution < 1.29 is 48.4 Å². The summed E-state index contributed by atoms with van der Waals surface area (Å²) in [5, 5.41) is 33.6. The minimum atomic E-state index is -1.50. The lowest BCUT2D eigenvalue weighted by atomic mass is 10.1. The second kappa shape index (κ2) is 13.4. The molecule has 0 fully saturated rings. The fourth-order valence-electron chi connectivity index (χ4n) is 2.66. The Morgan fingerprint density at radius 1 is 1.00 bits per heavy atom. The number of carbonyl (C=O) groups is 5. The maximum atomic E-state index is 13.1. The van der Waals surface area contributed by atoms with E-state index in [4.69, 9.17) is 14.9 Å². The number of halogens is 1. The summed E-state index contributed by atoms with van der Waals surface area (Å²) in [5.74, 6) is -5.61. The molecule has 1 aromatic heterocycles. The number of rotatable bonds is 14. The first-order valence-electron chi connectivity index (χ1n) is 9.78. The summed E-state index contributed by atoms with van der Waals surface area (Å²) < 4.78 is 18.0. The average Bonchev–Trinajstić information content (AvgIpc) is 2.74. The molecule has 14 heteroatoms. The Hall–Kier alpha value is -3.97. The number of nitrogens with one attached hydrogen (secondary N) is 3. The Morgan fingerprint density at radius 3 is 2.15 bits per heavy atom. The maximum Gasteiger partial charge on any atom is 0.326 e. The lowest BCUT2D eigenvalue weighted by molar-refractivity contribution is -0.140. The minimum Gasteiger partial charge on any atom is -0.481 e. The molecule has 6 N–H and O–H groups in total. The highest BCUT2D eigenvalue weighted by atomic mass is 18.2. The zero-order chi connectivity index (χ0) is 25.0. The topological polar surface area (TPSA) is 204 Å². The Labute approximate surface area is 187 Å². The van der Waals surface area contributed by atoms with Gasteiger partial charge in [-0.3, -0.25) is 9.59 Å². The summed E-state index contributed by atoms with van der Waals surface area (Å²) in [7, 11) is 1.23. The summed E-state index contributed by atoms with van der Waals surface area (Å²) in [4.78, 5) is 60.6. The molecule has 0 aliphatic carbocycles. The highest BCUT2D eigenvalue weighted by Gasteiger charge is 2.24. The van der Waals surface area contributed by atoms with Crippen LogP contribution in [-0.4, -0.2) is 75.9 Å². The quantitative estimate of drug-likeness (QED) is 0.161. The van der Waals surface area contributed by atoms with Crippen LogP contribution in [0.25, 0.3) is 0 Å². The van der Waals surface area contributed by atoms with Gasteiger partial charge in [0.15, 0.2) is 0 Å². The van der Waals surface area contributed by atoms with Gasteiger partial charge < -0.3 is 36.0 Å². The van der Waals surface area contributed by atoms with Gasteiger partial charge in [-0.05, 0) is 37.8 Å². The number of pyridine rings is 1. The molecule has 0 saturated heterocycles. The van der Waals surface area contributed by atoms with E-state index in [1.165, 1.54) is 13.2 Å². The Bertz CT molecular complexity index is 881. The number of hydrogen-bond acceptors (Lipinski definition) is 7. The van der Waals surface area contributed by atoms with Crippen molar-refractivity contribution in [1.82, 2.24) is 20.9 Å². The van der Waals surface area contributed by atoms with Crippen molar-refractivity contribution in [2.24, 2.45) is 0 Å². The zero-order valence-corrected chi connectivity index (χ0v) is 17.7. The van der Waals surface area contributed by atoms with Crippen molar-refractivity contribution in [3.05, 3.63) is 23.6 Å². The molecule has 0 bridgehead atoms. The molecule has 13 nitrogen and oxygen atoms in total. The lowest BCUT2D eigenvalue weighted by Gasteiger charge is -2.18. The zero-order valence-electron chi connectivity index (χ0n) is 17.7.